The topological polar surface area (TPSA) is 73.6 Å². The number of ether oxygens (including phenoxy) is 2. The molecule has 0 bridgehead atoms. The van der Waals surface area contributed by atoms with Crippen molar-refractivity contribution < 1.29 is 18.7 Å². The molecule has 0 saturated carbocycles. The average molecular weight is 256 g/mol. The number of carbonyl (C=O) groups is 1. The summed E-state index contributed by atoms with van der Waals surface area (Å²) in [6.45, 7) is 1.70. The molecule has 0 heterocycles. The van der Waals surface area contributed by atoms with E-state index in [9.17, 15) is 9.18 Å². The van der Waals surface area contributed by atoms with Crippen LogP contribution in [0.5, 0.6) is 0 Å². The zero-order valence-electron chi connectivity index (χ0n) is 10.6. The molecule has 5 nitrogen and oxygen atoms in total. The predicted molar refractivity (Wildman–Crippen MR) is 65.5 cm³/mol. The summed E-state index contributed by atoms with van der Waals surface area (Å²) in [6, 6.07) is 3.49. The van der Waals surface area contributed by atoms with Crippen molar-refractivity contribution >= 4 is 11.6 Å². The van der Waals surface area contributed by atoms with E-state index in [1.807, 2.05) is 0 Å². The zero-order chi connectivity index (χ0) is 13.7. The Hall–Kier alpha value is -1.66. The molecule has 1 aromatic carbocycles. The first kappa shape index (κ1) is 14.4. The van der Waals surface area contributed by atoms with Crippen LogP contribution < -0.4 is 11.1 Å². The number of nitrogens with one attached hydrogen (secondary N) is 1. The third kappa shape index (κ3) is 3.41. The quantitative estimate of drug-likeness (QED) is 0.612. The summed E-state index contributed by atoms with van der Waals surface area (Å²) in [5.41, 5.74) is 5.61. The first-order chi connectivity index (χ1) is 8.49. The second-order valence-electron chi connectivity index (χ2n) is 3.84. The summed E-state index contributed by atoms with van der Waals surface area (Å²) in [7, 11) is 2.92. The van der Waals surface area contributed by atoms with E-state index in [0.29, 0.717) is 0 Å². The molecule has 0 spiro atoms. The number of hydrogen-bond donors (Lipinski definition) is 2. The zero-order valence-corrected chi connectivity index (χ0v) is 10.6. The highest BCUT2D eigenvalue weighted by atomic mass is 19.1. The van der Waals surface area contributed by atoms with Crippen molar-refractivity contribution in [1.82, 2.24) is 5.32 Å². The normalized spacial score (nSPS) is 12.5. The number of benzene rings is 1. The largest absolute Gasteiger partial charge is 0.399 e. The highest BCUT2D eigenvalue weighted by Crippen LogP contribution is 2.12. The minimum Gasteiger partial charge on any atom is -0.399 e. The Morgan fingerprint density at radius 3 is 2.50 bits per heavy atom. The third-order valence-electron chi connectivity index (χ3n) is 2.47. The van der Waals surface area contributed by atoms with Crippen molar-refractivity contribution in [2.45, 2.75) is 19.3 Å². The number of carbonyl (C=O) groups excluding carboxylic acids is 1. The fourth-order valence-corrected chi connectivity index (χ4v) is 1.57. The van der Waals surface area contributed by atoms with Gasteiger partial charge in [0.2, 0.25) is 0 Å². The van der Waals surface area contributed by atoms with E-state index in [2.05, 4.69) is 5.32 Å². The van der Waals surface area contributed by atoms with Gasteiger partial charge in [-0.25, -0.2) is 4.39 Å². The van der Waals surface area contributed by atoms with Crippen LogP contribution in [0.2, 0.25) is 0 Å². The number of amides is 1. The smallest absolute Gasteiger partial charge is 0.254 e. The van der Waals surface area contributed by atoms with Crippen LogP contribution in [0.25, 0.3) is 0 Å². The van der Waals surface area contributed by atoms with Gasteiger partial charge in [-0.2, -0.15) is 0 Å². The van der Waals surface area contributed by atoms with Crippen LogP contribution in [-0.4, -0.2) is 32.5 Å². The van der Waals surface area contributed by atoms with Gasteiger partial charge in [-0.1, -0.05) is 0 Å². The van der Waals surface area contributed by atoms with Crippen LogP contribution in [-0.2, 0) is 9.47 Å². The molecule has 1 unspecified atom stereocenters. The van der Waals surface area contributed by atoms with Gasteiger partial charge in [-0.05, 0) is 25.1 Å². The van der Waals surface area contributed by atoms with Gasteiger partial charge in [-0.15, -0.1) is 0 Å². The molecule has 3 N–H and O–H groups in total. The Morgan fingerprint density at radius 1 is 1.39 bits per heavy atom. The molecule has 0 fully saturated rings. The highest BCUT2D eigenvalue weighted by molar-refractivity contribution is 5.95. The Labute approximate surface area is 105 Å². The first-order valence-electron chi connectivity index (χ1n) is 5.41. The lowest BCUT2D eigenvalue weighted by Crippen LogP contribution is -2.43. The molecule has 100 valence electrons. The van der Waals surface area contributed by atoms with Crippen LogP contribution in [0.15, 0.2) is 18.2 Å². The van der Waals surface area contributed by atoms with Crippen LogP contribution in [0.4, 0.5) is 10.1 Å². The average Bonchev–Trinajstić information content (AvgIpc) is 2.30. The van der Waals surface area contributed by atoms with Crippen molar-refractivity contribution in [3.05, 3.63) is 29.6 Å². The second-order valence-corrected chi connectivity index (χ2v) is 3.84. The van der Waals surface area contributed by atoms with Gasteiger partial charge in [0.15, 0.2) is 6.29 Å². The Morgan fingerprint density at radius 2 is 2.00 bits per heavy atom. The number of methoxy groups -OCH3 is 2. The molecule has 1 aromatic rings. The molecule has 0 saturated heterocycles. The van der Waals surface area contributed by atoms with Gasteiger partial charge in [0.25, 0.3) is 5.91 Å². The molecule has 1 atom stereocenters. The van der Waals surface area contributed by atoms with E-state index in [4.69, 9.17) is 15.2 Å². The molecule has 0 aliphatic carbocycles. The van der Waals surface area contributed by atoms with Crippen molar-refractivity contribution in [2.24, 2.45) is 0 Å². The van der Waals surface area contributed by atoms with E-state index in [-0.39, 0.29) is 11.3 Å². The van der Waals surface area contributed by atoms with Crippen LogP contribution in [0, 0.1) is 5.82 Å². The van der Waals surface area contributed by atoms with E-state index in [1.54, 1.807) is 6.92 Å². The van der Waals surface area contributed by atoms with E-state index >= 15 is 0 Å². The lowest BCUT2D eigenvalue weighted by molar-refractivity contribution is -0.117. The Balaban J connectivity index is 2.76. The summed E-state index contributed by atoms with van der Waals surface area (Å²) < 4.78 is 23.5. The molecule has 1 rings (SSSR count). The summed E-state index contributed by atoms with van der Waals surface area (Å²) >= 11 is 0. The molecular weight excluding hydrogens is 239 g/mol. The lowest BCUT2D eigenvalue weighted by Gasteiger charge is -2.22. The van der Waals surface area contributed by atoms with E-state index in [0.717, 1.165) is 6.07 Å². The van der Waals surface area contributed by atoms with Gasteiger partial charge in [0, 0.05) is 19.9 Å². The summed E-state index contributed by atoms with van der Waals surface area (Å²) in [6.07, 6.45) is -0.592. The number of halogens is 1. The van der Waals surface area contributed by atoms with Crippen molar-refractivity contribution in [2.75, 3.05) is 20.0 Å². The SMILES string of the molecule is COC(OC)C(C)NC(=O)c1ccc(N)cc1F. The molecule has 1 amide bonds. The Kier molecular flexibility index (Phi) is 5.06. The van der Waals surface area contributed by atoms with Crippen LogP contribution in [0.1, 0.15) is 17.3 Å². The molecule has 18 heavy (non-hydrogen) atoms. The van der Waals surface area contributed by atoms with Crippen molar-refractivity contribution in [3.8, 4) is 0 Å². The fourth-order valence-electron chi connectivity index (χ4n) is 1.57. The highest BCUT2D eigenvalue weighted by Gasteiger charge is 2.20. The number of nitrogens with two attached hydrogens (primary N) is 1. The summed E-state index contributed by atoms with van der Waals surface area (Å²) in [5.74, 6) is -1.20. The van der Waals surface area contributed by atoms with Crippen molar-refractivity contribution in [3.63, 3.8) is 0 Å². The molecule has 6 heteroatoms. The first-order valence-corrected chi connectivity index (χ1v) is 5.41. The fraction of sp³-hybridized carbons (Fsp3) is 0.417. The number of nitrogen functional groups attached to an aromatic ring is 1. The summed E-state index contributed by atoms with van der Waals surface area (Å²) in [5, 5.41) is 2.59. The monoisotopic (exact) mass is 256 g/mol. The molecule has 0 aromatic heterocycles. The molecule has 0 aliphatic rings. The maximum absolute atomic E-state index is 13.5. The Bertz CT molecular complexity index is 422. The van der Waals surface area contributed by atoms with Gasteiger partial charge in [0.05, 0.1) is 11.6 Å². The van der Waals surface area contributed by atoms with Gasteiger partial charge in [-0.3, -0.25) is 4.79 Å². The summed E-state index contributed by atoms with van der Waals surface area (Å²) in [4.78, 5) is 11.8. The molecule has 0 aliphatic heterocycles. The van der Waals surface area contributed by atoms with E-state index in [1.165, 1.54) is 26.4 Å². The number of anilines is 1. The second kappa shape index (κ2) is 6.32. The van der Waals surface area contributed by atoms with Crippen LogP contribution >= 0.6 is 0 Å². The van der Waals surface area contributed by atoms with Crippen molar-refractivity contribution in [1.29, 1.82) is 0 Å². The maximum Gasteiger partial charge on any atom is 0.254 e. The number of hydrogen-bond acceptors (Lipinski definition) is 4. The lowest BCUT2D eigenvalue weighted by atomic mass is 10.1. The van der Waals surface area contributed by atoms with Gasteiger partial charge in [0.1, 0.15) is 5.82 Å². The third-order valence-corrected chi connectivity index (χ3v) is 2.47. The number of rotatable bonds is 5. The minimum absolute atomic E-state index is 0.0676. The van der Waals surface area contributed by atoms with E-state index < -0.39 is 24.1 Å². The molecular formula is C12H17FN2O3. The van der Waals surface area contributed by atoms with Gasteiger partial charge >= 0.3 is 0 Å². The molecule has 0 radical (unpaired) electrons. The standard InChI is InChI=1S/C12H17FN2O3/c1-7(12(17-2)18-3)15-11(16)9-5-4-8(14)6-10(9)13/h4-7,12H,14H2,1-3H3,(H,15,16). The van der Waals surface area contributed by atoms with Gasteiger partial charge < -0.3 is 20.5 Å². The minimum atomic E-state index is -0.661. The van der Waals surface area contributed by atoms with Crippen LogP contribution in [0.3, 0.4) is 0 Å². The predicted octanol–water partition coefficient (Wildman–Crippen LogP) is 1.15. The maximum atomic E-state index is 13.5.